The van der Waals surface area contributed by atoms with Crippen LogP contribution in [0.5, 0.6) is 0 Å². The van der Waals surface area contributed by atoms with Crippen LogP contribution in [0.15, 0.2) is 28.5 Å². The number of alkyl halides is 3. The van der Waals surface area contributed by atoms with E-state index in [1.807, 2.05) is 5.38 Å². The molecule has 1 aromatic rings. The van der Waals surface area contributed by atoms with Gasteiger partial charge in [0.2, 0.25) is 27.3 Å². The van der Waals surface area contributed by atoms with Crippen LogP contribution in [-0.2, 0) is 30.4 Å². The van der Waals surface area contributed by atoms with Crippen molar-refractivity contribution in [3.8, 4) is 0 Å². The third kappa shape index (κ3) is 4.70. The first-order valence-electron chi connectivity index (χ1n) is 8.56. The Labute approximate surface area is 198 Å². The number of carbonyl (C=O) groups excluding carboxylic acids is 4. The fourth-order valence-electron chi connectivity index (χ4n) is 3.30. The van der Waals surface area contributed by atoms with Crippen LogP contribution in [0, 0.1) is 5.92 Å². The number of primary amides is 1. The lowest BCUT2D eigenvalue weighted by Gasteiger charge is -2.52. The molecule has 1 saturated heterocycles. The van der Waals surface area contributed by atoms with Crippen molar-refractivity contribution >= 4 is 87.4 Å². The Balaban J connectivity index is 1.84. The number of ketones is 1. The number of carboxylic acids is 1. The SMILES string of the molecule is NC(=O)C(C(=O)C(Cl)(Cl)Cl)C1=CS[C@@H]2[C@H](NC(=O)Cc3cccs3)C(=O)N2[C@H]1C(=O)O. The number of hydrogen-bond acceptors (Lipinski definition) is 7. The Morgan fingerprint density at radius 3 is 2.48 bits per heavy atom. The molecule has 2 aliphatic heterocycles. The first kappa shape index (κ1) is 23.9. The van der Waals surface area contributed by atoms with Gasteiger partial charge in [0.05, 0.1) is 6.42 Å². The predicted molar refractivity (Wildman–Crippen MR) is 116 cm³/mol. The molecule has 0 aromatic carbocycles. The molecular weight excluding hydrogens is 513 g/mol. The highest BCUT2D eigenvalue weighted by atomic mass is 35.6. The summed E-state index contributed by atoms with van der Waals surface area (Å²) in [6, 6.07) is 0.916. The summed E-state index contributed by atoms with van der Waals surface area (Å²) in [5, 5.41) is 14.6. The zero-order valence-corrected chi connectivity index (χ0v) is 19.2. The lowest BCUT2D eigenvalue weighted by molar-refractivity contribution is -0.160. The van der Waals surface area contributed by atoms with Crippen LogP contribution in [0.25, 0.3) is 0 Å². The van der Waals surface area contributed by atoms with Crippen LogP contribution in [0.3, 0.4) is 0 Å². The second-order valence-corrected chi connectivity index (χ2v) is 10.9. The minimum absolute atomic E-state index is 0.0732. The van der Waals surface area contributed by atoms with Crippen LogP contribution in [0.4, 0.5) is 0 Å². The molecule has 1 fully saturated rings. The normalized spacial score (nSPS) is 23.8. The number of β-lactam (4-membered cyclic amide) rings is 1. The van der Waals surface area contributed by atoms with Crippen LogP contribution < -0.4 is 11.1 Å². The molecule has 0 radical (unpaired) electrons. The van der Waals surface area contributed by atoms with E-state index in [0.717, 1.165) is 21.5 Å². The van der Waals surface area contributed by atoms with E-state index in [2.05, 4.69) is 5.32 Å². The Hall–Kier alpha value is -1.79. The smallest absolute Gasteiger partial charge is 0.330 e. The second kappa shape index (κ2) is 8.99. The van der Waals surface area contributed by atoms with E-state index in [0.29, 0.717) is 0 Å². The van der Waals surface area contributed by atoms with Crippen molar-refractivity contribution in [2.45, 2.75) is 27.7 Å². The first-order chi connectivity index (χ1) is 14.4. The summed E-state index contributed by atoms with van der Waals surface area (Å²) in [5.74, 6) is -6.89. The average Bonchev–Trinajstić information content (AvgIpc) is 3.17. The number of carboxylic acid groups (broad SMARTS) is 1. The van der Waals surface area contributed by atoms with E-state index >= 15 is 0 Å². The van der Waals surface area contributed by atoms with E-state index in [9.17, 15) is 29.1 Å². The summed E-state index contributed by atoms with van der Waals surface area (Å²) < 4.78 is -2.53. The summed E-state index contributed by atoms with van der Waals surface area (Å²) in [6.45, 7) is 0. The molecule has 3 heterocycles. The molecule has 31 heavy (non-hydrogen) atoms. The van der Waals surface area contributed by atoms with Crippen LogP contribution in [0.1, 0.15) is 4.88 Å². The van der Waals surface area contributed by atoms with E-state index < -0.39 is 56.6 Å². The predicted octanol–water partition coefficient (Wildman–Crippen LogP) is 1.07. The van der Waals surface area contributed by atoms with Crippen LogP contribution in [0.2, 0.25) is 0 Å². The van der Waals surface area contributed by atoms with Gasteiger partial charge in [0.1, 0.15) is 17.3 Å². The molecule has 4 N–H and O–H groups in total. The number of Topliss-reactive ketones (excluding diaryl/α,β-unsaturated/α-hetero) is 1. The standard InChI is InChI=1S/C17H14Cl3N3O6S2/c18-17(19,20)12(25)9(13(21)26)7-5-31-15-10(14(27)23(15)11(7)16(28)29)22-8(24)4-6-2-1-3-30-6/h1-3,5,9-11,15H,4H2,(H2,21,26)(H,22,24)(H,28,29)/t9?,10-,11-,15-/m1/s1. The van der Waals surface area contributed by atoms with E-state index in [-0.39, 0.29) is 12.0 Å². The van der Waals surface area contributed by atoms with Crippen LogP contribution in [-0.4, -0.2) is 60.7 Å². The number of thioether (sulfide) groups is 1. The Morgan fingerprint density at radius 2 is 1.97 bits per heavy atom. The average molecular weight is 527 g/mol. The van der Waals surface area contributed by atoms with Crippen molar-refractivity contribution in [2.75, 3.05) is 0 Å². The number of hydrogen-bond donors (Lipinski definition) is 3. The molecule has 1 unspecified atom stereocenters. The number of nitrogens with one attached hydrogen (secondary N) is 1. The minimum atomic E-state index is -2.53. The highest BCUT2D eigenvalue weighted by Gasteiger charge is 2.58. The van der Waals surface area contributed by atoms with Crippen molar-refractivity contribution in [1.82, 2.24) is 10.2 Å². The lowest BCUT2D eigenvalue weighted by atomic mass is 9.86. The number of carbonyl (C=O) groups is 5. The van der Waals surface area contributed by atoms with Gasteiger partial charge < -0.3 is 21.1 Å². The number of thiophene rings is 1. The van der Waals surface area contributed by atoms with Crippen molar-refractivity contribution in [3.63, 3.8) is 0 Å². The fraction of sp³-hybridized carbons (Fsp3) is 0.353. The molecule has 0 aliphatic carbocycles. The zero-order valence-electron chi connectivity index (χ0n) is 15.3. The van der Waals surface area contributed by atoms with Gasteiger partial charge in [-0.05, 0) is 22.4 Å². The third-order valence-electron chi connectivity index (χ3n) is 4.64. The second-order valence-electron chi connectivity index (χ2n) is 6.63. The summed E-state index contributed by atoms with van der Waals surface area (Å²) in [6.07, 6.45) is 0.0732. The van der Waals surface area contributed by atoms with Gasteiger partial charge in [-0.15, -0.1) is 23.1 Å². The molecular formula is C17H14Cl3N3O6S2. The highest BCUT2D eigenvalue weighted by Crippen LogP contribution is 2.44. The minimum Gasteiger partial charge on any atom is -0.479 e. The fourth-order valence-corrected chi connectivity index (χ4v) is 5.59. The molecule has 14 heteroatoms. The third-order valence-corrected chi connectivity index (χ3v) is 7.26. The molecule has 2 aliphatic rings. The maximum absolute atomic E-state index is 12.7. The number of halogens is 3. The quantitative estimate of drug-likeness (QED) is 0.273. The first-order valence-corrected chi connectivity index (χ1v) is 11.5. The number of aliphatic carboxylic acids is 1. The summed E-state index contributed by atoms with van der Waals surface area (Å²) in [5.41, 5.74) is 5.00. The van der Waals surface area contributed by atoms with Crippen molar-refractivity contribution < 1.29 is 29.1 Å². The maximum Gasteiger partial charge on any atom is 0.330 e. The molecule has 0 bridgehead atoms. The monoisotopic (exact) mass is 525 g/mol. The summed E-state index contributed by atoms with van der Waals surface area (Å²) in [7, 11) is 0. The number of fused-ring (bicyclic) bond motifs is 1. The van der Waals surface area contributed by atoms with E-state index in [4.69, 9.17) is 40.5 Å². The molecule has 166 valence electrons. The van der Waals surface area contributed by atoms with Gasteiger partial charge in [-0.1, -0.05) is 40.9 Å². The molecule has 3 amide bonds. The van der Waals surface area contributed by atoms with Gasteiger partial charge in [-0.2, -0.15) is 0 Å². The van der Waals surface area contributed by atoms with Crippen molar-refractivity contribution in [1.29, 1.82) is 0 Å². The van der Waals surface area contributed by atoms with E-state index in [1.54, 1.807) is 12.1 Å². The van der Waals surface area contributed by atoms with Gasteiger partial charge >= 0.3 is 5.97 Å². The molecule has 0 spiro atoms. The van der Waals surface area contributed by atoms with Gasteiger partial charge in [0.15, 0.2) is 6.04 Å². The summed E-state index contributed by atoms with van der Waals surface area (Å²) >= 11 is 19.1. The molecule has 3 rings (SSSR count). The molecule has 4 atom stereocenters. The summed E-state index contributed by atoms with van der Waals surface area (Å²) in [4.78, 5) is 63.0. The molecule has 9 nitrogen and oxygen atoms in total. The molecule has 1 aromatic heterocycles. The number of nitrogens with zero attached hydrogens (tertiary/aromatic N) is 1. The zero-order chi connectivity index (χ0) is 23.1. The Bertz CT molecular complexity index is 978. The largest absolute Gasteiger partial charge is 0.479 e. The van der Waals surface area contributed by atoms with Crippen molar-refractivity contribution in [3.05, 3.63) is 33.4 Å². The van der Waals surface area contributed by atoms with Gasteiger partial charge in [0, 0.05) is 4.88 Å². The van der Waals surface area contributed by atoms with Crippen molar-refractivity contribution in [2.24, 2.45) is 11.7 Å². The van der Waals surface area contributed by atoms with E-state index in [1.165, 1.54) is 16.7 Å². The van der Waals surface area contributed by atoms with Crippen LogP contribution >= 0.6 is 57.9 Å². The lowest BCUT2D eigenvalue weighted by Crippen LogP contribution is -2.74. The Morgan fingerprint density at radius 1 is 1.29 bits per heavy atom. The van der Waals surface area contributed by atoms with Gasteiger partial charge in [-0.3, -0.25) is 19.2 Å². The topological polar surface area (TPSA) is 147 Å². The highest BCUT2D eigenvalue weighted by molar-refractivity contribution is 8.03. The maximum atomic E-state index is 12.7. The van der Waals surface area contributed by atoms with Gasteiger partial charge in [0.25, 0.3) is 0 Å². The number of nitrogens with two attached hydrogens (primary N) is 1. The number of amides is 3. The van der Waals surface area contributed by atoms with Gasteiger partial charge in [-0.25, -0.2) is 4.79 Å². The number of rotatable bonds is 7. The Kier molecular flexibility index (Phi) is 6.92. The molecule has 0 saturated carbocycles.